The van der Waals surface area contributed by atoms with E-state index in [9.17, 15) is 4.79 Å². The standard InChI is InChI=1S/C14H22N4O3/c1-14(2,3)21-13(19)17-5-4-10-11(6-17)16-18(12(10)15)9-7-20-8-9/h9H,4-8,15H2,1-3H3. The molecular weight excluding hydrogens is 272 g/mol. The van der Waals surface area contributed by atoms with Gasteiger partial charge in [-0.3, -0.25) is 0 Å². The first-order valence-corrected chi connectivity index (χ1v) is 7.26. The predicted molar refractivity (Wildman–Crippen MR) is 76.8 cm³/mol. The van der Waals surface area contributed by atoms with E-state index >= 15 is 0 Å². The Morgan fingerprint density at radius 2 is 2.14 bits per heavy atom. The Morgan fingerprint density at radius 1 is 1.43 bits per heavy atom. The lowest BCUT2D eigenvalue weighted by Crippen LogP contribution is -2.39. The van der Waals surface area contributed by atoms with Crippen LogP contribution in [0.5, 0.6) is 0 Å². The number of nitrogens with two attached hydrogens (primary N) is 1. The molecule has 1 saturated heterocycles. The minimum Gasteiger partial charge on any atom is -0.444 e. The van der Waals surface area contributed by atoms with Crippen LogP contribution >= 0.6 is 0 Å². The number of carbonyl (C=O) groups is 1. The summed E-state index contributed by atoms with van der Waals surface area (Å²) < 4.78 is 12.4. The molecule has 0 unspecified atom stereocenters. The molecule has 7 heteroatoms. The Balaban J connectivity index is 1.75. The van der Waals surface area contributed by atoms with Crippen LogP contribution < -0.4 is 5.73 Å². The van der Waals surface area contributed by atoms with Crippen molar-refractivity contribution in [2.75, 3.05) is 25.5 Å². The second kappa shape index (κ2) is 4.91. The van der Waals surface area contributed by atoms with Gasteiger partial charge in [-0.1, -0.05) is 0 Å². The minimum absolute atomic E-state index is 0.227. The Kier molecular flexibility index (Phi) is 3.32. The van der Waals surface area contributed by atoms with E-state index in [-0.39, 0.29) is 12.1 Å². The SMILES string of the molecule is CC(C)(C)OC(=O)N1CCc2c(nn(C3COC3)c2N)C1. The van der Waals surface area contributed by atoms with E-state index < -0.39 is 5.60 Å². The highest BCUT2D eigenvalue weighted by Crippen LogP contribution is 2.29. The van der Waals surface area contributed by atoms with Gasteiger partial charge in [0.2, 0.25) is 0 Å². The lowest BCUT2D eigenvalue weighted by atomic mass is 10.1. The maximum absolute atomic E-state index is 12.1. The molecule has 0 aliphatic carbocycles. The van der Waals surface area contributed by atoms with E-state index in [1.165, 1.54) is 0 Å². The van der Waals surface area contributed by atoms with E-state index in [1.807, 2.05) is 25.5 Å². The molecule has 2 N–H and O–H groups in total. The molecule has 3 heterocycles. The van der Waals surface area contributed by atoms with Crippen LogP contribution in [0, 0.1) is 0 Å². The number of hydrogen-bond acceptors (Lipinski definition) is 5. The lowest BCUT2D eigenvalue weighted by molar-refractivity contribution is -0.0278. The number of ether oxygens (including phenoxy) is 2. The van der Waals surface area contributed by atoms with Gasteiger partial charge in [-0.2, -0.15) is 5.10 Å². The highest BCUT2D eigenvalue weighted by molar-refractivity contribution is 5.69. The molecule has 7 nitrogen and oxygen atoms in total. The average molecular weight is 294 g/mol. The molecular formula is C14H22N4O3. The van der Waals surface area contributed by atoms with Crippen LogP contribution in [0.2, 0.25) is 0 Å². The quantitative estimate of drug-likeness (QED) is 0.845. The summed E-state index contributed by atoms with van der Waals surface area (Å²) in [5.41, 5.74) is 7.61. The van der Waals surface area contributed by atoms with Crippen LogP contribution in [0.1, 0.15) is 38.1 Å². The molecule has 0 atom stereocenters. The first-order chi connectivity index (χ1) is 9.85. The van der Waals surface area contributed by atoms with Gasteiger partial charge >= 0.3 is 6.09 Å². The zero-order valence-electron chi connectivity index (χ0n) is 12.8. The fraction of sp³-hybridized carbons (Fsp3) is 0.714. The maximum Gasteiger partial charge on any atom is 0.410 e. The van der Waals surface area contributed by atoms with Gasteiger partial charge in [0.1, 0.15) is 17.5 Å². The summed E-state index contributed by atoms with van der Waals surface area (Å²) in [5, 5.41) is 4.56. The Bertz CT molecular complexity index is 557. The number of rotatable bonds is 1. The van der Waals surface area contributed by atoms with Crippen molar-refractivity contribution in [3.8, 4) is 0 Å². The van der Waals surface area contributed by atoms with Gasteiger partial charge in [-0.05, 0) is 27.2 Å². The first kappa shape index (κ1) is 14.2. The molecule has 1 fully saturated rings. The van der Waals surface area contributed by atoms with Crippen LogP contribution in [0.3, 0.4) is 0 Å². The number of nitrogens with zero attached hydrogens (tertiary/aromatic N) is 3. The maximum atomic E-state index is 12.1. The largest absolute Gasteiger partial charge is 0.444 e. The van der Waals surface area contributed by atoms with Gasteiger partial charge < -0.3 is 20.1 Å². The summed E-state index contributed by atoms with van der Waals surface area (Å²) in [4.78, 5) is 13.8. The lowest BCUT2D eigenvalue weighted by Gasteiger charge is -2.29. The van der Waals surface area contributed by atoms with Gasteiger partial charge in [0.25, 0.3) is 0 Å². The van der Waals surface area contributed by atoms with Gasteiger partial charge in [-0.25, -0.2) is 9.48 Å². The molecule has 1 amide bonds. The molecule has 0 aromatic carbocycles. The van der Waals surface area contributed by atoms with E-state index in [2.05, 4.69) is 5.10 Å². The highest BCUT2D eigenvalue weighted by Gasteiger charge is 2.32. The normalized spacial score (nSPS) is 19.1. The third-order valence-corrected chi connectivity index (χ3v) is 3.72. The Labute approximate surface area is 124 Å². The second-order valence-corrected chi connectivity index (χ2v) is 6.60. The highest BCUT2D eigenvalue weighted by atomic mass is 16.6. The summed E-state index contributed by atoms with van der Waals surface area (Å²) >= 11 is 0. The number of amides is 1. The zero-order valence-corrected chi connectivity index (χ0v) is 12.8. The van der Waals surface area contributed by atoms with E-state index in [0.29, 0.717) is 38.5 Å². The van der Waals surface area contributed by atoms with E-state index in [4.69, 9.17) is 15.2 Å². The van der Waals surface area contributed by atoms with Gasteiger partial charge in [0.15, 0.2) is 0 Å². The number of carbonyl (C=O) groups excluding carboxylic acids is 1. The average Bonchev–Trinajstić information content (AvgIpc) is 2.62. The van der Waals surface area contributed by atoms with Crippen molar-refractivity contribution in [1.29, 1.82) is 0 Å². The van der Waals surface area contributed by atoms with Gasteiger partial charge in [0, 0.05) is 12.1 Å². The third kappa shape index (κ3) is 2.70. The van der Waals surface area contributed by atoms with Crippen molar-refractivity contribution in [2.24, 2.45) is 0 Å². The summed E-state index contributed by atoms with van der Waals surface area (Å²) in [5.74, 6) is 0.710. The van der Waals surface area contributed by atoms with Crippen molar-refractivity contribution in [2.45, 2.75) is 45.4 Å². The number of nitrogen functional groups attached to an aromatic ring is 1. The van der Waals surface area contributed by atoms with Gasteiger partial charge in [-0.15, -0.1) is 0 Å². The molecule has 116 valence electrons. The summed E-state index contributed by atoms with van der Waals surface area (Å²) in [6, 6.07) is 0.227. The fourth-order valence-electron chi connectivity index (χ4n) is 2.56. The van der Waals surface area contributed by atoms with Crippen molar-refractivity contribution in [3.63, 3.8) is 0 Å². The first-order valence-electron chi connectivity index (χ1n) is 7.26. The number of anilines is 1. The van der Waals surface area contributed by atoms with Crippen LogP contribution in [0.15, 0.2) is 0 Å². The van der Waals surface area contributed by atoms with Crippen LogP contribution in [-0.2, 0) is 22.4 Å². The molecule has 2 aliphatic heterocycles. The second-order valence-electron chi connectivity index (χ2n) is 6.60. The summed E-state index contributed by atoms with van der Waals surface area (Å²) in [6.45, 7) is 7.96. The smallest absolute Gasteiger partial charge is 0.410 e. The zero-order chi connectivity index (χ0) is 15.2. The monoisotopic (exact) mass is 294 g/mol. The number of fused-ring (bicyclic) bond motifs is 1. The third-order valence-electron chi connectivity index (χ3n) is 3.72. The summed E-state index contributed by atoms with van der Waals surface area (Å²) in [7, 11) is 0. The Hall–Kier alpha value is -1.76. The molecule has 21 heavy (non-hydrogen) atoms. The Morgan fingerprint density at radius 3 is 2.71 bits per heavy atom. The van der Waals surface area contributed by atoms with Crippen LogP contribution in [0.25, 0.3) is 0 Å². The van der Waals surface area contributed by atoms with Gasteiger partial charge in [0.05, 0.1) is 25.5 Å². The van der Waals surface area contributed by atoms with Crippen molar-refractivity contribution < 1.29 is 14.3 Å². The summed E-state index contributed by atoms with van der Waals surface area (Å²) in [6.07, 6.45) is 0.418. The number of hydrogen-bond donors (Lipinski definition) is 1. The van der Waals surface area contributed by atoms with Crippen LogP contribution in [-0.4, -0.2) is 46.1 Å². The molecule has 0 radical (unpaired) electrons. The molecule has 1 aromatic rings. The minimum atomic E-state index is -0.487. The van der Waals surface area contributed by atoms with E-state index in [0.717, 1.165) is 11.3 Å². The number of aromatic nitrogens is 2. The predicted octanol–water partition coefficient (Wildman–Crippen LogP) is 1.33. The van der Waals surface area contributed by atoms with E-state index in [1.54, 1.807) is 4.90 Å². The van der Waals surface area contributed by atoms with Crippen LogP contribution in [0.4, 0.5) is 10.6 Å². The molecule has 3 rings (SSSR count). The topological polar surface area (TPSA) is 82.6 Å². The molecule has 1 aromatic heterocycles. The molecule has 0 bridgehead atoms. The fourth-order valence-corrected chi connectivity index (χ4v) is 2.56. The molecule has 2 aliphatic rings. The molecule has 0 saturated carbocycles. The van der Waals surface area contributed by atoms with Crippen molar-refractivity contribution in [1.82, 2.24) is 14.7 Å². The van der Waals surface area contributed by atoms with Crippen molar-refractivity contribution in [3.05, 3.63) is 11.3 Å². The molecule has 0 spiro atoms. The van der Waals surface area contributed by atoms with Crippen molar-refractivity contribution >= 4 is 11.9 Å².